The van der Waals surface area contributed by atoms with Crippen LogP contribution in [-0.4, -0.2) is 201 Å². The smallest absolute Gasteiger partial charge is 0.870 e. The predicted molar refractivity (Wildman–Crippen MR) is 522 cm³/mol. The van der Waals surface area contributed by atoms with Gasteiger partial charge in [-0.1, -0.05) is 110 Å². The number of carboxylic acids is 2. The molecule has 8 aromatic rings. The molecule has 4 aromatic carbocycles. The number of halogens is 8. The molecule has 141 heavy (non-hydrogen) atoms. The number of hydrogen-bond acceptors (Lipinski definition) is 38. The first-order chi connectivity index (χ1) is 64.6. The Morgan fingerprint density at radius 2 is 0.759 bits per heavy atom. The summed E-state index contributed by atoms with van der Waals surface area (Å²) in [4.78, 5) is 166. The fourth-order valence-corrected chi connectivity index (χ4v) is 17.2. The average Bonchev–Trinajstić information content (AvgIpc) is 1.57. The van der Waals surface area contributed by atoms with Gasteiger partial charge in [0.05, 0.1) is 88.0 Å². The van der Waals surface area contributed by atoms with Crippen molar-refractivity contribution in [3.8, 4) is 0 Å². The summed E-state index contributed by atoms with van der Waals surface area (Å²) in [6.45, 7) is 15.9. The molecule has 0 bridgehead atoms. The van der Waals surface area contributed by atoms with Crippen LogP contribution in [0.2, 0.25) is 0 Å². The fourth-order valence-electron chi connectivity index (χ4n) is 12.5. The van der Waals surface area contributed by atoms with Crippen molar-refractivity contribution in [1.82, 2.24) is 40.8 Å². The zero-order chi connectivity index (χ0) is 99.1. The number of hydrogen-bond donors (Lipinski definition) is 6. The number of aliphatic carboxylic acids is 2. The number of cyclic esters (lactones) is 1. The van der Waals surface area contributed by atoms with Crippen LogP contribution in [0.3, 0.4) is 0 Å². The van der Waals surface area contributed by atoms with Gasteiger partial charge < -0.3 is 84.5 Å². The van der Waals surface area contributed by atoms with Gasteiger partial charge in [0.2, 0.25) is 0 Å². The fraction of sp³-hybridized carbons (Fsp3) is 0.352. The molecular formula is C91H102Br4F4LiN12NaO24S4. The van der Waals surface area contributed by atoms with Gasteiger partial charge in [-0.05, 0) is 133 Å². The van der Waals surface area contributed by atoms with Crippen molar-refractivity contribution < 1.29 is 183 Å². The van der Waals surface area contributed by atoms with Crippen molar-refractivity contribution in [2.45, 2.75) is 147 Å². The number of nitrogens with zero attached hydrogens (tertiary/aromatic N) is 9. The Morgan fingerprint density at radius 3 is 1.06 bits per heavy atom. The molecule has 1 amide bonds. The Balaban J connectivity index is 0.000000869. The molecule has 9 heterocycles. The third-order valence-corrected chi connectivity index (χ3v) is 23.4. The van der Waals surface area contributed by atoms with Crippen LogP contribution >= 0.6 is 109 Å². The van der Waals surface area contributed by atoms with Crippen molar-refractivity contribution in [3.63, 3.8) is 0 Å². The number of aliphatic hydroxyl groups excluding tert-OH is 2. The molecule has 50 heteroatoms. The minimum absolute atomic E-state index is 0. The standard InChI is InChI=1S/C20H19BrFN3O4S.C19H15BrFN3O4S.C18H15BrFN3O4S.C18H17BrFN3O3S.C9H14O5.C2H4O2.C2H6O.3CH4.Li.Na.H2O/c1-3-28-15(26)10-14-16(20(27)29-4-2)17(12-6-5-11(22)9-13(12)21)25-18(24-14)19-23-7-8-30-19;1-2-27-18(25)14-13-5-7-28-19(26)24(13)16(17-22-6-8-29-17)23-15(14)11-4-3-10(21)9-12(11)20;1-2-27-18(26)14-12(8-13(24)25)22-16(17-21-5-6-28-17)23-15(14)10-4-3-9(20)7-11(10)19;1-2-26-18(25)14-13(5-7-24)22-16(17-21-6-8-27-17)23-15(14)11-4-3-10(20)9-12(11)19;1-3-13-8(11)5-7(10)6-9(12)14-4-2;1-2(3)4;1-2-3;;;;;;/h5-9,17H,3-4,10H2,1-2H3,(H,24,25);3-4,6,8-9,15H,2,5,7H2,1H3;3-7,15H,2,8H2,1H3,(H,22,23)(H,24,25);3-4,6,8-9,15,24H,2,5,7H2,1H3,(H,22,23);3-6H2,1-2H3;1H3,(H,3,4);3H,2H2,1H3;3*1H4;;;1H2/q;;;;;;;;;;2*+1;/p-2. The van der Waals surface area contributed by atoms with Gasteiger partial charge in [0.15, 0.2) is 49.2 Å². The molecule has 0 radical (unpaired) electrons. The first-order valence-corrected chi connectivity index (χ1v) is 47.5. The number of ether oxygens (including phenoxy) is 8. The quantitative estimate of drug-likeness (QED) is 0.00834. The third kappa shape index (κ3) is 38.1. The third-order valence-electron chi connectivity index (χ3n) is 17.6. The van der Waals surface area contributed by atoms with Gasteiger partial charge in [0.25, 0.3) is 0 Å². The number of aliphatic imine (C=N–C) groups is 4. The monoisotopic (exact) mass is 2300 g/mol. The summed E-state index contributed by atoms with van der Waals surface area (Å²) in [7, 11) is 0. The summed E-state index contributed by atoms with van der Waals surface area (Å²) in [5.41, 5.74) is 4.45. The first kappa shape index (κ1) is 129. The van der Waals surface area contributed by atoms with Gasteiger partial charge >= 0.3 is 102 Å². The van der Waals surface area contributed by atoms with E-state index in [1.807, 2.05) is 5.38 Å². The summed E-state index contributed by atoms with van der Waals surface area (Å²) in [5.74, 6) is -7.03. The molecule has 1 fully saturated rings. The topological polar surface area (TPSA) is 516 Å². The number of aromatic nitrogens is 4. The van der Waals surface area contributed by atoms with Gasteiger partial charge in [-0.25, -0.2) is 66.4 Å². The molecule has 7 N–H and O–H groups in total. The van der Waals surface area contributed by atoms with Crippen molar-refractivity contribution >= 4 is 198 Å². The number of carbonyl (C=O) groups excluding carboxylic acids is 10. The second kappa shape index (κ2) is 65.8. The van der Waals surface area contributed by atoms with Crippen LogP contribution < -0.4 is 69.5 Å². The van der Waals surface area contributed by atoms with Gasteiger partial charge in [0.1, 0.15) is 60.3 Å². The van der Waals surface area contributed by atoms with Crippen molar-refractivity contribution in [1.29, 1.82) is 0 Å². The number of amidine groups is 4. The van der Waals surface area contributed by atoms with E-state index in [1.54, 1.807) is 115 Å². The second-order valence-corrected chi connectivity index (χ2v) is 33.8. The number of amides is 1. The molecule has 5 aliphatic heterocycles. The zero-order valence-corrected chi connectivity index (χ0v) is 87.4. The van der Waals surface area contributed by atoms with E-state index in [2.05, 4.69) is 129 Å². The van der Waals surface area contributed by atoms with E-state index in [0.29, 0.717) is 107 Å². The van der Waals surface area contributed by atoms with E-state index in [1.165, 1.54) is 105 Å². The van der Waals surface area contributed by atoms with Crippen LogP contribution in [-0.2, 0) is 85.8 Å². The van der Waals surface area contributed by atoms with Crippen LogP contribution in [0.5, 0.6) is 0 Å². The SMILES string of the molecule is C.C.C.CC(=O)[O-].CCO.CCOC(=O)C1=C(CC(=O)O)NC(c2nccs2)=NC1c1ccc(F)cc1Br.CCOC(=O)C1=C(CCO)NC(c2nccs2)=NC1c1ccc(F)cc1Br.CCOC(=O)C1=C2CCOC(=O)N2C(c2nccs2)=NC1c1ccc(F)cc1Br.CCOC(=O)CC(=O)CC(=O)OCC.CCOC(=O)CC1=C(C(=O)OCC)C(c2ccc(F)cc2Br)N=C(c2nccs2)N1.[Li+].[Na+].[OH-]. The van der Waals surface area contributed by atoms with Gasteiger partial charge in [-0.2, -0.15) is 0 Å². The van der Waals surface area contributed by atoms with Crippen LogP contribution in [0, 0.1) is 23.3 Å². The van der Waals surface area contributed by atoms with Crippen LogP contribution in [0.1, 0.15) is 190 Å². The molecule has 4 atom stereocenters. The summed E-state index contributed by atoms with van der Waals surface area (Å²) in [6, 6.07) is 13.3. The maximum Gasteiger partial charge on any atom is 1.00 e. The number of fused-ring (bicyclic) bond motifs is 1. The summed E-state index contributed by atoms with van der Waals surface area (Å²) < 4.78 is 96.4. The molecule has 0 spiro atoms. The Kier molecular flexibility index (Phi) is 60.1. The Hall–Kier alpha value is -10.3. The van der Waals surface area contributed by atoms with Crippen LogP contribution in [0.15, 0.2) is 202 Å². The molecule has 5 aliphatic rings. The number of benzene rings is 4. The number of rotatable bonds is 29. The molecule has 4 unspecified atom stereocenters. The molecule has 13 rings (SSSR count). The van der Waals surface area contributed by atoms with E-state index in [-0.39, 0.29) is 196 Å². The Bertz CT molecular complexity index is 5800. The Labute approximate surface area is 894 Å². The molecule has 1 saturated heterocycles. The van der Waals surface area contributed by atoms with Crippen LogP contribution in [0.25, 0.3) is 0 Å². The molecule has 0 saturated carbocycles. The zero-order valence-electron chi connectivity index (χ0n) is 75.8. The van der Waals surface area contributed by atoms with Crippen molar-refractivity contribution in [3.05, 3.63) is 248 Å². The van der Waals surface area contributed by atoms with Crippen molar-refractivity contribution in [2.24, 2.45) is 20.0 Å². The summed E-state index contributed by atoms with van der Waals surface area (Å²) in [6.07, 6.45) is 5.03. The molecule has 4 aromatic heterocycles. The van der Waals surface area contributed by atoms with Gasteiger partial charge in [-0.15, -0.1) is 45.3 Å². The maximum absolute atomic E-state index is 13.7. The number of carboxylic acid groups (broad SMARTS) is 2. The van der Waals surface area contributed by atoms with Crippen molar-refractivity contribution in [2.75, 3.05) is 66.1 Å². The van der Waals surface area contributed by atoms with Gasteiger partial charge in [-0.3, -0.25) is 43.9 Å². The van der Waals surface area contributed by atoms with E-state index >= 15 is 0 Å². The number of aliphatic hydroxyl groups is 2. The largest absolute Gasteiger partial charge is 1.00 e. The number of esters is 7. The normalized spacial score (nSPS) is 15.0. The number of carbonyl (C=O) groups is 11. The maximum atomic E-state index is 13.7. The second-order valence-electron chi connectivity index (χ2n) is 26.8. The van der Waals surface area contributed by atoms with Crippen LogP contribution in [0.4, 0.5) is 22.4 Å². The van der Waals surface area contributed by atoms with Gasteiger partial charge in [0, 0.05) is 119 Å². The Morgan fingerprint density at radius 1 is 0.468 bits per heavy atom. The van der Waals surface area contributed by atoms with E-state index in [9.17, 15) is 75.7 Å². The number of ketones is 1. The summed E-state index contributed by atoms with van der Waals surface area (Å²) >= 11 is 18.8. The number of Topliss-reactive ketones (excluding diaryl/α,β-unsaturated/α-hetero) is 1. The van der Waals surface area contributed by atoms with E-state index in [0.717, 1.165) is 6.92 Å². The average molecular weight is 2300 g/mol. The predicted octanol–water partition coefficient (Wildman–Crippen LogP) is 9.83. The van der Waals surface area contributed by atoms with E-state index < -0.39 is 119 Å². The minimum Gasteiger partial charge on any atom is -0.870 e. The molecular weight excluding hydrogens is 2200 g/mol. The van der Waals surface area contributed by atoms with E-state index in [4.69, 9.17) is 43.4 Å². The summed E-state index contributed by atoms with van der Waals surface area (Å²) in [5, 5.41) is 53.7. The number of thiazole rings is 4. The molecule has 0 aliphatic carbocycles. The first-order valence-electron chi connectivity index (χ1n) is 40.8. The molecule has 752 valence electrons. The number of nitrogens with one attached hydrogen (secondary N) is 3. The minimum atomic E-state index is -1.12. The molecule has 36 nitrogen and oxygen atoms in total.